The number of likely N-dealkylation sites (tertiary alicyclic amines) is 2. The van der Waals surface area contributed by atoms with Gasteiger partial charge in [-0.3, -0.25) is 9.59 Å². The number of rotatable bonds is 4. The summed E-state index contributed by atoms with van der Waals surface area (Å²) in [5.41, 5.74) is -0.805. The molecule has 1 aromatic rings. The third-order valence-electron chi connectivity index (χ3n) is 4.90. The molecule has 0 spiro atoms. The second kappa shape index (κ2) is 6.45. The van der Waals surface area contributed by atoms with Crippen molar-refractivity contribution in [1.29, 1.82) is 0 Å². The van der Waals surface area contributed by atoms with Crippen molar-refractivity contribution in [2.75, 3.05) is 39.0 Å². The molecule has 1 amide bonds. The molecule has 0 radical (unpaired) electrons. The Hall–Kier alpha value is -1.05. The van der Waals surface area contributed by atoms with Gasteiger partial charge in [0.05, 0.1) is 9.09 Å². The van der Waals surface area contributed by atoms with E-state index < -0.39 is 11.4 Å². The van der Waals surface area contributed by atoms with Crippen molar-refractivity contribution in [3.05, 3.63) is 17.0 Å². The number of carbonyl (C=O) groups is 2. The smallest absolute Gasteiger partial charge is 0.313 e. The minimum absolute atomic E-state index is 0.0179. The van der Waals surface area contributed by atoms with E-state index in [1.54, 1.807) is 16.7 Å². The molecule has 2 aliphatic heterocycles. The summed E-state index contributed by atoms with van der Waals surface area (Å²) in [4.78, 5) is 29.2. The molecule has 0 unspecified atom stereocenters. The number of carboxylic acid groups (broad SMARTS) is 1. The average molecular weight is 354 g/mol. The van der Waals surface area contributed by atoms with Gasteiger partial charge in [0.1, 0.15) is 5.41 Å². The van der Waals surface area contributed by atoms with Crippen LogP contribution in [0.4, 0.5) is 0 Å². The topological polar surface area (TPSA) is 60.9 Å². The van der Waals surface area contributed by atoms with E-state index in [-0.39, 0.29) is 11.8 Å². The Morgan fingerprint density at radius 2 is 2.22 bits per heavy atom. The molecule has 2 fully saturated rings. The zero-order valence-electron chi connectivity index (χ0n) is 13.4. The van der Waals surface area contributed by atoms with Crippen LogP contribution in [0, 0.1) is 11.3 Å². The first-order valence-electron chi connectivity index (χ1n) is 7.90. The average Bonchev–Trinajstić information content (AvgIpc) is 3.11. The largest absolute Gasteiger partial charge is 0.481 e. The normalized spacial score (nSPS) is 27.9. The van der Waals surface area contributed by atoms with Gasteiger partial charge in [-0.05, 0) is 43.8 Å². The van der Waals surface area contributed by atoms with Crippen molar-refractivity contribution in [1.82, 2.24) is 9.80 Å². The maximum atomic E-state index is 12.8. The van der Waals surface area contributed by atoms with Crippen LogP contribution in [0.15, 0.2) is 16.3 Å². The number of hydrogen-bond donors (Lipinski definition) is 1. The Kier molecular flexibility index (Phi) is 4.71. The number of hydrogen-bond acceptors (Lipinski definition) is 5. The monoisotopic (exact) mass is 354 g/mol. The van der Waals surface area contributed by atoms with Crippen LogP contribution in [0.3, 0.4) is 0 Å². The van der Waals surface area contributed by atoms with E-state index in [1.165, 1.54) is 11.3 Å². The first-order chi connectivity index (χ1) is 11.0. The molecule has 2 atom stereocenters. The molecule has 0 saturated carbocycles. The van der Waals surface area contributed by atoms with Crippen molar-refractivity contribution in [2.24, 2.45) is 11.3 Å². The second-order valence-corrected chi connectivity index (χ2v) is 9.07. The standard InChI is InChI=1S/C16H22N2O3S2/c1-3-22-13-5-4-12(23-13)14(19)18-8-11-6-7-17(2)9-16(11,10-18)15(20)21/h4-5,11H,3,6-10H2,1-2H3,(H,20,21)/t11-,16-/m1/s1. The van der Waals surface area contributed by atoms with Gasteiger partial charge in [-0.25, -0.2) is 0 Å². The van der Waals surface area contributed by atoms with Gasteiger partial charge in [0.25, 0.3) is 5.91 Å². The molecule has 126 valence electrons. The minimum atomic E-state index is -0.805. The van der Waals surface area contributed by atoms with E-state index in [0.717, 1.165) is 22.9 Å². The molecule has 1 aromatic heterocycles. The molecule has 2 aliphatic rings. The van der Waals surface area contributed by atoms with Crippen LogP contribution in [-0.2, 0) is 4.79 Å². The molecule has 5 nitrogen and oxygen atoms in total. The molecule has 3 rings (SSSR count). The Morgan fingerprint density at radius 1 is 1.43 bits per heavy atom. The summed E-state index contributed by atoms with van der Waals surface area (Å²) < 4.78 is 1.14. The lowest BCUT2D eigenvalue weighted by Gasteiger charge is -2.39. The number of carboxylic acids is 1. The van der Waals surface area contributed by atoms with Crippen LogP contribution in [0.25, 0.3) is 0 Å². The number of aliphatic carboxylic acids is 1. The highest BCUT2D eigenvalue weighted by Gasteiger charge is 2.55. The van der Waals surface area contributed by atoms with Crippen LogP contribution >= 0.6 is 23.1 Å². The molecular weight excluding hydrogens is 332 g/mol. The van der Waals surface area contributed by atoms with Crippen molar-refractivity contribution < 1.29 is 14.7 Å². The highest BCUT2D eigenvalue weighted by molar-refractivity contribution is 8.01. The highest BCUT2D eigenvalue weighted by Crippen LogP contribution is 2.43. The zero-order chi connectivity index (χ0) is 16.6. The number of carbonyl (C=O) groups excluding carboxylic acids is 1. The quantitative estimate of drug-likeness (QED) is 0.841. The van der Waals surface area contributed by atoms with Crippen LogP contribution in [-0.4, -0.2) is 65.8 Å². The summed E-state index contributed by atoms with van der Waals surface area (Å²) >= 11 is 3.24. The fourth-order valence-electron chi connectivity index (χ4n) is 3.73. The third kappa shape index (κ3) is 3.02. The number of thioether (sulfide) groups is 1. The Morgan fingerprint density at radius 3 is 2.91 bits per heavy atom. The lowest BCUT2D eigenvalue weighted by molar-refractivity contribution is -0.153. The Labute approximate surface area is 144 Å². The predicted molar refractivity (Wildman–Crippen MR) is 92.3 cm³/mol. The molecule has 7 heteroatoms. The molecule has 0 bridgehead atoms. The molecule has 0 aromatic carbocycles. The second-order valence-electron chi connectivity index (χ2n) is 6.42. The molecular formula is C16H22N2O3S2. The number of amides is 1. The van der Waals surface area contributed by atoms with E-state index in [9.17, 15) is 14.7 Å². The Bertz CT molecular complexity index is 618. The van der Waals surface area contributed by atoms with Gasteiger partial charge < -0.3 is 14.9 Å². The van der Waals surface area contributed by atoms with Crippen molar-refractivity contribution >= 4 is 35.0 Å². The van der Waals surface area contributed by atoms with Gasteiger partial charge in [0, 0.05) is 19.6 Å². The van der Waals surface area contributed by atoms with E-state index in [1.807, 2.05) is 19.2 Å². The van der Waals surface area contributed by atoms with Crippen LogP contribution in [0.2, 0.25) is 0 Å². The van der Waals surface area contributed by atoms with Crippen molar-refractivity contribution in [2.45, 2.75) is 17.6 Å². The summed E-state index contributed by atoms with van der Waals surface area (Å²) in [5, 5.41) is 9.80. The predicted octanol–water partition coefficient (Wildman–Crippen LogP) is 2.34. The fraction of sp³-hybridized carbons (Fsp3) is 0.625. The summed E-state index contributed by atoms with van der Waals surface area (Å²) in [7, 11) is 1.96. The van der Waals surface area contributed by atoms with E-state index in [0.29, 0.717) is 24.5 Å². The van der Waals surface area contributed by atoms with Gasteiger partial charge in [-0.15, -0.1) is 23.1 Å². The molecule has 2 saturated heterocycles. The van der Waals surface area contributed by atoms with E-state index in [4.69, 9.17) is 0 Å². The van der Waals surface area contributed by atoms with Crippen LogP contribution in [0.5, 0.6) is 0 Å². The number of piperidine rings is 1. The number of fused-ring (bicyclic) bond motifs is 1. The van der Waals surface area contributed by atoms with Crippen LogP contribution in [0.1, 0.15) is 23.0 Å². The third-order valence-corrected chi connectivity index (χ3v) is 7.08. The maximum Gasteiger partial charge on any atom is 0.313 e. The van der Waals surface area contributed by atoms with Gasteiger partial charge in [0.15, 0.2) is 0 Å². The summed E-state index contributed by atoms with van der Waals surface area (Å²) in [6.07, 6.45) is 0.841. The highest BCUT2D eigenvalue weighted by atomic mass is 32.2. The lowest BCUT2D eigenvalue weighted by Crippen LogP contribution is -2.52. The lowest BCUT2D eigenvalue weighted by atomic mass is 9.73. The molecule has 1 N–H and O–H groups in total. The minimum Gasteiger partial charge on any atom is -0.481 e. The summed E-state index contributed by atoms with van der Waals surface area (Å²) in [6.45, 7) is 4.40. The van der Waals surface area contributed by atoms with Crippen molar-refractivity contribution in [3.8, 4) is 0 Å². The summed E-state index contributed by atoms with van der Waals surface area (Å²) in [5.74, 6) is 0.256. The zero-order valence-corrected chi connectivity index (χ0v) is 15.1. The maximum absolute atomic E-state index is 12.8. The molecule has 3 heterocycles. The van der Waals surface area contributed by atoms with Gasteiger partial charge in [-0.1, -0.05) is 6.92 Å². The Balaban J connectivity index is 1.79. The van der Waals surface area contributed by atoms with Crippen molar-refractivity contribution in [3.63, 3.8) is 0 Å². The van der Waals surface area contributed by atoms with Gasteiger partial charge >= 0.3 is 5.97 Å². The van der Waals surface area contributed by atoms with E-state index >= 15 is 0 Å². The molecule has 0 aliphatic carbocycles. The number of thiophene rings is 1. The fourth-order valence-corrected chi connectivity index (χ4v) is 5.75. The summed E-state index contributed by atoms with van der Waals surface area (Å²) in [6, 6.07) is 3.85. The first kappa shape index (κ1) is 16.8. The van der Waals surface area contributed by atoms with Gasteiger partial charge in [0.2, 0.25) is 0 Å². The van der Waals surface area contributed by atoms with Gasteiger partial charge in [-0.2, -0.15) is 0 Å². The first-order valence-corrected chi connectivity index (χ1v) is 9.70. The number of nitrogens with zero attached hydrogens (tertiary/aromatic N) is 2. The van der Waals surface area contributed by atoms with Crippen LogP contribution < -0.4 is 0 Å². The van der Waals surface area contributed by atoms with E-state index in [2.05, 4.69) is 11.8 Å². The molecule has 23 heavy (non-hydrogen) atoms. The SMILES string of the molecule is CCSc1ccc(C(=O)N2C[C@H]3CCN(C)C[C@@]3(C(=O)O)C2)s1.